The molecule has 0 spiro atoms. The Balaban J connectivity index is 1.84. The zero-order chi connectivity index (χ0) is 10.9. The van der Waals surface area contributed by atoms with Gasteiger partial charge in [0.1, 0.15) is 6.73 Å². The highest BCUT2D eigenvalue weighted by Crippen LogP contribution is 2.49. The van der Waals surface area contributed by atoms with Crippen LogP contribution >= 0.6 is 0 Å². The van der Waals surface area contributed by atoms with Crippen molar-refractivity contribution in [3.63, 3.8) is 0 Å². The van der Waals surface area contributed by atoms with Gasteiger partial charge in [0.15, 0.2) is 0 Å². The Labute approximate surface area is 90.8 Å². The van der Waals surface area contributed by atoms with Crippen LogP contribution in [-0.4, -0.2) is 29.8 Å². The lowest BCUT2D eigenvalue weighted by Gasteiger charge is -2.30. The number of nitrogens with two attached hydrogens (primary N) is 1. The number of carbonyl (C=O) groups excluding carboxylic acids is 1. The zero-order valence-corrected chi connectivity index (χ0v) is 9.37. The molecule has 0 atom stereocenters. The quantitative estimate of drug-likeness (QED) is 0.721. The van der Waals surface area contributed by atoms with E-state index in [1.54, 1.807) is 4.90 Å². The van der Waals surface area contributed by atoms with Crippen LogP contribution in [0.4, 0.5) is 4.79 Å². The van der Waals surface area contributed by atoms with Gasteiger partial charge in [-0.25, -0.2) is 4.79 Å². The molecule has 2 saturated carbocycles. The number of hydrogen-bond acceptors (Lipinski definition) is 2. The van der Waals surface area contributed by atoms with Crippen molar-refractivity contribution >= 4 is 6.03 Å². The van der Waals surface area contributed by atoms with Gasteiger partial charge in [-0.3, -0.25) is 0 Å². The zero-order valence-electron chi connectivity index (χ0n) is 9.37. The summed E-state index contributed by atoms with van der Waals surface area (Å²) in [4.78, 5) is 12.5. The molecule has 2 rings (SSSR count). The maximum absolute atomic E-state index is 11.0. The summed E-state index contributed by atoms with van der Waals surface area (Å²) >= 11 is 0. The number of ether oxygens (including phenoxy) is 1. The average molecular weight is 212 g/mol. The third kappa shape index (κ3) is 2.09. The summed E-state index contributed by atoms with van der Waals surface area (Å²) in [5, 5.41) is 0. The van der Waals surface area contributed by atoms with Crippen LogP contribution in [-0.2, 0) is 4.74 Å². The molecule has 2 aliphatic carbocycles. The van der Waals surface area contributed by atoms with Crippen molar-refractivity contribution in [1.82, 2.24) is 4.90 Å². The second-order valence-corrected chi connectivity index (χ2v) is 4.80. The lowest BCUT2D eigenvalue weighted by Crippen LogP contribution is -2.41. The van der Waals surface area contributed by atoms with Crippen molar-refractivity contribution in [2.45, 2.75) is 44.6 Å². The average Bonchev–Trinajstić information content (AvgIpc) is 2.78. The van der Waals surface area contributed by atoms with Gasteiger partial charge in [0, 0.05) is 6.54 Å². The lowest BCUT2D eigenvalue weighted by molar-refractivity contribution is -0.0746. The van der Waals surface area contributed by atoms with E-state index in [0.717, 1.165) is 18.8 Å². The van der Waals surface area contributed by atoms with Crippen LogP contribution in [0.25, 0.3) is 0 Å². The molecule has 0 aliphatic heterocycles. The van der Waals surface area contributed by atoms with Gasteiger partial charge in [0.2, 0.25) is 0 Å². The lowest BCUT2D eigenvalue weighted by atomic mass is 9.97. The highest BCUT2D eigenvalue weighted by molar-refractivity contribution is 5.71. The summed E-state index contributed by atoms with van der Waals surface area (Å²) in [5.41, 5.74) is 5.31. The van der Waals surface area contributed by atoms with E-state index in [0.29, 0.717) is 13.3 Å². The van der Waals surface area contributed by atoms with Gasteiger partial charge < -0.3 is 15.4 Å². The Bertz CT molecular complexity index is 247. The molecule has 86 valence electrons. The number of urea groups is 1. The Hall–Kier alpha value is -0.770. The molecule has 15 heavy (non-hydrogen) atoms. The molecule has 0 saturated heterocycles. The summed E-state index contributed by atoms with van der Waals surface area (Å²) in [7, 11) is 0. The summed E-state index contributed by atoms with van der Waals surface area (Å²) in [6, 6.07) is -0.388. The van der Waals surface area contributed by atoms with Crippen molar-refractivity contribution in [3.8, 4) is 0 Å². The predicted molar refractivity (Wildman–Crippen MR) is 57.2 cm³/mol. The van der Waals surface area contributed by atoms with Gasteiger partial charge in [0.25, 0.3) is 0 Å². The fourth-order valence-corrected chi connectivity index (χ4v) is 2.87. The first-order chi connectivity index (χ1) is 7.15. The molecule has 2 amide bonds. The minimum absolute atomic E-state index is 0.0769. The van der Waals surface area contributed by atoms with Crippen LogP contribution in [0.15, 0.2) is 0 Å². The van der Waals surface area contributed by atoms with E-state index in [9.17, 15) is 4.79 Å². The number of hydrogen-bond donors (Lipinski definition) is 1. The number of carbonyl (C=O) groups is 1. The topological polar surface area (TPSA) is 55.6 Å². The van der Waals surface area contributed by atoms with Crippen LogP contribution in [0.1, 0.15) is 39.0 Å². The van der Waals surface area contributed by atoms with E-state index in [4.69, 9.17) is 10.5 Å². The maximum atomic E-state index is 11.0. The molecule has 0 aromatic carbocycles. The molecule has 0 radical (unpaired) electrons. The fourth-order valence-electron chi connectivity index (χ4n) is 2.87. The van der Waals surface area contributed by atoms with Gasteiger partial charge in [0.05, 0.1) is 5.60 Å². The third-order valence-electron chi connectivity index (χ3n) is 3.90. The molecular weight excluding hydrogens is 192 g/mol. The molecule has 2 aliphatic rings. The minimum atomic E-state index is -0.388. The molecule has 0 aromatic heterocycles. The van der Waals surface area contributed by atoms with Crippen LogP contribution in [0.5, 0.6) is 0 Å². The van der Waals surface area contributed by atoms with E-state index >= 15 is 0 Å². The largest absolute Gasteiger partial charge is 0.355 e. The van der Waals surface area contributed by atoms with E-state index in [1.165, 1.54) is 19.3 Å². The standard InChI is InChI=1S/C11H20N2O2/c1-2-13(10(12)14)8-15-11-5-3-9(7-11)4-6-11/h9H,2-8H2,1H3,(H2,12,14). The smallest absolute Gasteiger partial charge is 0.316 e. The normalized spacial score (nSPS) is 33.3. The molecule has 0 aromatic rings. The highest BCUT2D eigenvalue weighted by Gasteiger charge is 2.45. The Morgan fingerprint density at radius 1 is 1.53 bits per heavy atom. The highest BCUT2D eigenvalue weighted by atomic mass is 16.5. The van der Waals surface area contributed by atoms with E-state index in [2.05, 4.69) is 0 Å². The summed E-state index contributed by atoms with van der Waals surface area (Å²) < 4.78 is 5.92. The second kappa shape index (κ2) is 4.00. The molecule has 0 unspecified atom stereocenters. The van der Waals surface area contributed by atoms with E-state index in [-0.39, 0.29) is 11.6 Å². The molecular formula is C11H20N2O2. The van der Waals surface area contributed by atoms with Crippen molar-refractivity contribution in [2.75, 3.05) is 13.3 Å². The Morgan fingerprint density at radius 2 is 2.20 bits per heavy atom. The number of amides is 2. The number of primary amides is 1. The fraction of sp³-hybridized carbons (Fsp3) is 0.909. The SMILES string of the molecule is CCN(COC12CCC(CC1)C2)C(N)=O. The van der Waals surface area contributed by atoms with Crippen LogP contribution in [0, 0.1) is 5.92 Å². The van der Waals surface area contributed by atoms with Crippen molar-refractivity contribution < 1.29 is 9.53 Å². The maximum Gasteiger partial charge on any atom is 0.316 e. The van der Waals surface area contributed by atoms with Gasteiger partial charge in [-0.1, -0.05) is 0 Å². The van der Waals surface area contributed by atoms with Crippen LogP contribution in [0.2, 0.25) is 0 Å². The Kier molecular flexibility index (Phi) is 2.87. The van der Waals surface area contributed by atoms with Gasteiger partial charge in [-0.05, 0) is 44.9 Å². The number of fused-ring (bicyclic) bond motifs is 2. The first-order valence-electron chi connectivity index (χ1n) is 5.83. The molecule has 2 fully saturated rings. The summed E-state index contributed by atoms with van der Waals surface area (Å²) in [6.07, 6.45) is 6.09. The van der Waals surface area contributed by atoms with E-state index in [1.807, 2.05) is 6.92 Å². The van der Waals surface area contributed by atoms with E-state index < -0.39 is 0 Å². The summed E-state index contributed by atoms with van der Waals surface area (Å²) in [6.45, 7) is 2.89. The number of nitrogens with zero attached hydrogens (tertiary/aromatic N) is 1. The summed E-state index contributed by atoms with van der Waals surface area (Å²) in [5.74, 6) is 0.869. The minimum Gasteiger partial charge on any atom is -0.355 e. The van der Waals surface area contributed by atoms with Crippen LogP contribution in [0.3, 0.4) is 0 Å². The molecule has 2 N–H and O–H groups in total. The van der Waals surface area contributed by atoms with Gasteiger partial charge in [-0.2, -0.15) is 0 Å². The third-order valence-corrected chi connectivity index (χ3v) is 3.90. The van der Waals surface area contributed by atoms with Crippen molar-refractivity contribution in [2.24, 2.45) is 11.7 Å². The van der Waals surface area contributed by atoms with Gasteiger partial charge >= 0.3 is 6.03 Å². The first-order valence-corrected chi connectivity index (χ1v) is 5.83. The molecule has 0 heterocycles. The number of rotatable bonds is 4. The second-order valence-electron chi connectivity index (χ2n) is 4.80. The molecule has 4 nitrogen and oxygen atoms in total. The van der Waals surface area contributed by atoms with Crippen LogP contribution < -0.4 is 5.73 Å². The first kappa shape index (κ1) is 10.7. The van der Waals surface area contributed by atoms with Crippen molar-refractivity contribution in [1.29, 1.82) is 0 Å². The van der Waals surface area contributed by atoms with Crippen molar-refractivity contribution in [3.05, 3.63) is 0 Å². The Morgan fingerprint density at radius 3 is 2.60 bits per heavy atom. The molecule has 4 heteroatoms. The predicted octanol–water partition coefficient (Wildman–Crippen LogP) is 1.69. The monoisotopic (exact) mass is 212 g/mol. The molecule has 2 bridgehead atoms. The van der Waals surface area contributed by atoms with Gasteiger partial charge in [-0.15, -0.1) is 0 Å².